The predicted octanol–water partition coefficient (Wildman–Crippen LogP) is 9.84. The monoisotopic (exact) mass is 623 g/mol. The molecule has 0 atom stereocenters. The van der Waals surface area contributed by atoms with Gasteiger partial charge in [-0.3, -0.25) is 5.41 Å². The van der Waals surface area contributed by atoms with Crippen molar-refractivity contribution < 1.29 is 9.47 Å². The van der Waals surface area contributed by atoms with Crippen molar-refractivity contribution in [1.29, 1.82) is 5.41 Å². The van der Waals surface area contributed by atoms with E-state index in [0.717, 1.165) is 72.3 Å². The van der Waals surface area contributed by atoms with Crippen LogP contribution in [0.5, 0.6) is 11.5 Å². The zero-order valence-electron chi connectivity index (χ0n) is 26.7. The fourth-order valence-electron chi connectivity index (χ4n) is 6.74. The highest BCUT2D eigenvalue weighted by Gasteiger charge is 2.26. The van der Waals surface area contributed by atoms with Gasteiger partial charge in [-0.1, -0.05) is 103 Å². The van der Waals surface area contributed by atoms with Crippen LogP contribution in [0, 0.1) is 5.41 Å². The Kier molecular flexibility index (Phi) is 7.35. The Morgan fingerprint density at radius 3 is 1.96 bits per heavy atom. The van der Waals surface area contributed by atoms with E-state index in [0.29, 0.717) is 17.2 Å². The molecule has 0 aliphatic carbocycles. The summed E-state index contributed by atoms with van der Waals surface area (Å²) in [5, 5.41) is 15.8. The summed E-state index contributed by atoms with van der Waals surface area (Å²) in [6, 6.07) is 49.8. The van der Waals surface area contributed by atoms with Crippen molar-refractivity contribution in [1.82, 2.24) is 9.88 Å². The largest absolute Gasteiger partial charge is 0.493 e. The molecule has 232 valence electrons. The Morgan fingerprint density at radius 1 is 0.604 bits per heavy atom. The minimum atomic E-state index is 0.416. The van der Waals surface area contributed by atoms with Crippen LogP contribution >= 0.6 is 0 Å². The van der Waals surface area contributed by atoms with Crippen LogP contribution in [-0.2, 0) is 0 Å². The summed E-state index contributed by atoms with van der Waals surface area (Å²) in [6.45, 7) is 0. The number of aromatic nitrogens is 1. The van der Waals surface area contributed by atoms with Crippen molar-refractivity contribution in [3.63, 3.8) is 0 Å². The Balaban J connectivity index is 1.44. The van der Waals surface area contributed by atoms with Gasteiger partial charge in [0, 0.05) is 38.9 Å². The van der Waals surface area contributed by atoms with Crippen LogP contribution in [0.3, 0.4) is 0 Å². The molecule has 8 rings (SSSR count). The van der Waals surface area contributed by atoms with Gasteiger partial charge in [0.25, 0.3) is 0 Å². The Labute approximate surface area is 279 Å². The molecular weight excluding hydrogens is 590 g/mol. The lowest BCUT2D eigenvalue weighted by Crippen LogP contribution is -2.20. The number of rotatable bonds is 7. The standard InChI is InChI=1S/C43H33N3O2/c1-47-39-26-31-25-36(28-14-6-3-7-15-28)45-43(34(31)27-40(39)48-2)41(42(44)29-16-8-4-9-17-29)30-22-23-38-35(24-30)33-20-12-13-21-37(33)46(38)32-18-10-5-11-19-32/h3-27,44-45H,1-2H3/b43-41-,44-42?. The summed E-state index contributed by atoms with van der Waals surface area (Å²) in [7, 11) is 3.31. The van der Waals surface area contributed by atoms with Crippen LogP contribution in [-0.4, -0.2) is 24.5 Å². The number of methoxy groups -OCH3 is 2. The van der Waals surface area contributed by atoms with Gasteiger partial charge in [-0.2, -0.15) is 0 Å². The van der Waals surface area contributed by atoms with Gasteiger partial charge < -0.3 is 19.4 Å². The topological polar surface area (TPSA) is 59.3 Å². The maximum Gasteiger partial charge on any atom is 0.161 e. The van der Waals surface area contributed by atoms with Gasteiger partial charge in [-0.25, -0.2) is 0 Å². The van der Waals surface area contributed by atoms with Gasteiger partial charge in [0.05, 0.1) is 36.7 Å². The van der Waals surface area contributed by atoms with Crippen molar-refractivity contribution in [2.75, 3.05) is 14.2 Å². The van der Waals surface area contributed by atoms with Gasteiger partial charge in [-0.15, -0.1) is 0 Å². The maximum atomic E-state index is 9.78. The quantitative estimate of drug-likeness (QED) is 0.174. The van der Waals surface area contributed by atoms with Crippen LogP contribution in [0.2, 0.25) is 0 Å². The number of para-hydroxylation sites is 2. The number of hydrogen-bond acceptors (Lipinski definition) is 4. The second-order valence-electron chi connectivity index (χ2n) is 11.8. The lowest BCUT2D eigenvalue weighted by Gasteiger charge is -2.27. The van der Waals surface area contributed by atoms with Crippen LogP contribution in [0.25, 0.3) is 50.5 Å². The minimum Gasteiger partial charge on any atom is -0.493 e. The van der Waals surface area contributed by atoms with Crippen LogP contribution in [0.4, 0.5) is 0 Å². The highest BCUT2D eigenvalue weighted by Crippen LogP contribution is 2.42. The fraction of sp³-hybridized carbons (Fsp3) is 0.0465. The van der Waals surface area contributed by atoms with E-state index in [2.05, 4.69) is 94.8 Å². The molecule has 0 fully saturated rings. The Hall–Kier alpha value is -6.33. The first kappa shape index (κ1) is 29.1. The smallest absolute Gasteiger partial charge is 0.161 e. The molecule has 5 heteroatoms. The van der Waals surface area contributed by atoms with E-state index in [-0.39, 0.29) is 0 Å². The number of fused-ring (bicyclic) bond motifs is 4. The van der Waals surface area contributed by atoms with Crippen LogP contribution < -0.4 is 14.8 Å². The third kappa shape index (κ3) is 4.93. The fourth-order valence-corrected chi connectivity index (χ4v) is 6.74. The average Bonchev–Trinajstić information content (AvgIpc) is 3.49. The van der Waals surface area contributed by atoms with Crippen molar-refractivity contribution in [2.24, 2.45) is 0 Å². The molecule has 0 saturated carbocycles. The molecule has 0 amide bonds. The summed E-state index contributed by atoms with van der Waals surface area (Å²) < 4.78 is 13.8. The van der Waals surface area contributed by atoms with E-state index in [1.807, 2.05) is 66.7 Å². The van der Waals surface area contributed by atoms with E-state index in [1.165, 1.54) is 0 Å². The van der Waals surface area contributed by atoms with Crippen LogP contribution in [0.1, 0.15) is 27.8 Å². The van der Waals surface area contributed by atoms with Crippen LogP contribution in [0.15, 0.2) is 146 Å². The highest BCUT2D eigenvalue weighted by molar-refractivity contribution is 6.36. The van der Waals surface area contributed by atoms with Gasteiger partial charge in [0.2, 0.25) is 0 Å². The molecule has 0 unspecified atom stereocenters. The molecule has 0 saturated heterocycles. The zero-order chi connectivity index (χ0) is 32.6. The molecule has 7 aromatic rings. The molecule has 0 spiro atoms. The van der Waals surface area contributed by atoms with E-state index in [4.69, 9.17) is 9.47 Å². The summed E-state index contributed by atoms with van der Waals surface area (Å²) in [5.41, 5.74) is 11.0. The summed E-state index contributed by atoms with van der Waals surface area (Å²) in [5.74, 6) is 1.27. The van der Waals surface area contributed by atoms with Gasteiger partial charge >= 0.3 is 0 Å². The third-order valence-electron chi connectivity index (χ3n) is 9.01. The summed E-state index contributed by atoms with van der Waals surface area (Å²) in [6.07, 6.45) is 2.14. The Morgan fingerprint density at radius 2 is 1.23 bits per heavy atom. The highest BCUT2D eigenvalue weighted by atomic mass is 16.5. The normalized spacial score (nSPS) is 13.4. The molecule has 2 N–H and O–H groups in total. The number of nitrogens with zero attached hydrogens (tertiary/aromatic N) is 1. The first-order chi connectivity index (χ1) is 23.6. The van der Waals surface area contributed by atoms with Crippen molar-refractivity contribution in [3.05, 3.63) is 173 Å². The first-order valence-corrected chi connectivity index (χ1v) is 15.9. The van der Waals surface area contributed by atoms with Crippen molar-refractivity contribution in [3.8, 4) is 17.2 Å². The van der Waals surface area contributed by atoms with E-state index >= 15 is 0 Å². The zero-order valence-corrected chi connectivity index (χ0v) is 26.7. The van der Waals surface area contributed by atoms with Gasteiger partial charge in [0.1, 0.15) is 0 Å². The molecule has 5 nitrogen and oxygen atoms in total. The molecule has 1 aromatic heterocycles. The molecule has 1 aliphatic rings. The molecule has 0 radical (unpaired) electrons. The van der Waals surface area contributed by atoms with E-state index in [1.54, 1.807) is 14.2 Å². The number of benzene rings is 6. The first-order valence-electron chi connectivity index (χ1n) is 15.9. The predicted molar refractivity (Wildman–Crippen MR) is 198 cm³/mol. The van der Waals surface area contributed by atoms with Crippen molar-refractivity contribution >= 4 is 50.6 Å². The summed E-state index contributed by atoms with van der Waals surface area (Å²) >= 11 is 0. The lowest BCUT2D eigenvalue weighted by atomic mass is 9.87. The molecule has 1 aliphatic heterocycles. The lowest BCUT2D eigenvalue weighted by molar-refractivity contribution is 0.354. The van der Waals surface area contributed by atoms with Gasteiger partial charge in [-0.05, 0) is 65.2 Å². The van der Waals surface area contributed by atoms with E-state index < -0.39 is 0 Å². The molecule has 0 bridgehead atoms. The maximum absolute atomic E-state index is 9.78. The minimum absolute atomic E-state index is 0.416. The molecule has 48 heavy (non-hydrogen) atoms. The average molecular weight is 624 g/mol. The van der Waals surface area contributed by atoms with Crippen molar-refractivity contribution in [2.45, 2.75) is 0 Å². The third-order valence-corrected chi connectivity index (χ3v) is 9.01. The molecular formula is C43H33N3O2. The number of nitrogens with one attached hydrogen (secondary N) is 2. The molecule has 6 aromatic carbocycles. The Bertz CT molecular complexity index is 2390. The second-order valence-corrected chi connectivity index (χ2v) is 11.8. The van der Waals surface area contributed by atoms with E-state index in [9.17, 15) is 5.41 Å². The number of hydrogen-bond donors (Lipinski definition) is 2. The SMILES string of the molecule is COc1cc2c(cc1OC)/C(=C(/C(=N)c1ccccc1)c1ccc3c(c1)c1ccccc1n3-c1ccccc1)NC(c1ccccc1)=C2. The van der Waals surface area contributed by atoms with Gasteiger partial charge in [0.15, 0.2) is 11.5 Å². The number of ether oxygens (including phenoxy) is 2. The summed E-state index contributed by atoms with van der Waals surface area (Å²) in [4.78, 5) is 0. The molecule has 2 heterocycles. The number of allylic oxidation sites excluding steroid dienone is 1. The second kappa shape index (κ2) is 12.1.